The van der Waals surface area contributed by atoms with E-state index < -0.39 is 24.3 Å². The average Bonchev–Trinajstić information content (AvgIpc) is 3.01. The molecule has 202 valence electrons. The van der Waals surface area contributed by atoms with Crippen molar-refractivity contribution in [1.82, 2.24) is 0 Å². The van der Waals surface area contributed by atoms with Crippen molar-refractivity contribution in [2.45, 2.75) is 24.3 Å². The Morgan fingerprint density at radius 2 is 0.825 bits per heavy atom. The van der Waals surface area contributed by atoms with E-state index in [1.165, 1.54) is 0 Å². The van der Waals surface area contributed by atoms with Crippen LogP contribution >= 0.6 is 0 Å². The molecule has 8 nitrogen and oxygen atoms in total. The average molecular weight is 537 g/mol. The van der Waals surface area contributed by atoms with Crippen LogP contribution in [0.1, 0.15) is 0 Å². The summed E-state index contributed by atoms with van der Waals surface area (Å²) in [6, 6.07) is 31.9. The lowest BCUT2D eigenvalue weighted by Crippen LogP contribution is -2.83. The van der Waals surface area contributed by atoms with E-state index in [0.29, 0.717) is 34.4 Å². The Hall–Kier alpha value is -4.98. The number of amides is 2. The van der Waals surface area contributed by atoms with E-state index >= 15 is 0 Å². The molecule has 0 unspecified atom stereocenters. The second-order valence-electron chi connectivity index (χ2n) is 9.50. The minimum Gasteiger partial charge on any atom is -0.497 e. The topological polar surface area (TPSA) is 77.5 Å². The first-order valence-corrected chi connectivity index (χ1v) is 13.0. The number of hydrogen-bond donors (Lipinski definition) is 0. The minimum absolute atomic E-state index is 0.202. The van der Waals surface area contributed by atoms with Gasteiger partial charge in [-0.2, -0.15) is 0 Å². The molecule has 0 aromatic heterocycles. The Balaban J connectivity index is 1.41. The molecule has 0 aliphatic carbocycles. The van der Waals surface area contributed by atoms with Gasteiger partial charge in [0.25, 0.3) is 11.8 Å². The van der Waals surface area contributed by atoms with Crippen molar-refractivity contribution in [3.8, 4) is 23.0 Å². The lowest BCUT2D eigenvalue weighted by molar-refractivity contribution is -0.145. The van der Waals surface area contributed by atoms with Gasteiger partial charge < -0.3 is 18.9 Å². The van der Waals surface area contributed by atoms with E-state index in [9.17, 15) is 9.59 Å². The molecule has 2 heterocycles. The maximum absolute atomic E-state index is 13.7. The quantitative estimate of drug-likeness (QED) is 0.288. The molecule has 6 rings (SSSR count). The van der Waals surface area contributed by atoms with Gasteiger partial charge in [-0.1, -0.05) is 36.4 Å². The molecule has 0 spiro atoms. The van der Waals surface area contributed by atoms with Gasteiger partial charge in [-0.25, -0.2) is 0 Å². The first-order chi connectivity index (χ1) is 19.6. The van der Waals surface area contributed by atoms with Crippen molar-refractivity contribution in [3.63, 3.8) is 0 Å². The fourth-order valence-corrected chi connectivity index (χ4v) is 5.25. The van der Waals surface area contributed by atoms with Crippen LogP contribution < -0.4 is 28.7 Å². The molecule has 2 aliphatic rings. The highest BCUT2D eigenvalue weighted by molar-refractivity contribution is 6.10. The molecule has 0 bridgehead atoms. The second-order valence-corrected chi connectivity index (χ2v) is 9.50. The van der Waals surface area contributed by atoms with E-state index in [2.05, 4.69) is 0 Å². The minimum atomic E-state index is -0.828. The van der Waals surface area contributed by atoms with E-state index in [1.807, 2.05) is 84.9 Å². The summed E-state index contributed by atoms with van der Waals surface area (Å²) < 4.78 is 23.1. The molecule has 0 N–H and O–H groups in total. The summed E-state index contributed by atoms with van der Waals surface area (Å²) >= 11 is 0. The molecule has 8 heteroatoms. The fourth-order valence-electron chi connectivity index (χ4n) is 5.25. The second kappa shape index (κ2) is 10.6. The number of ether oxygens (including phenoxy) is 4. The summed E-state index contributed by atoms with van der Waals surface area (Å²) in [4.78, 5) is 30.7. The summed E-state index contributed by atoms with van der Waals surface area (Å²) in [5, 5.41) is 0. The van der Waals surface area contributed by atoms with Gasteiger partial charge in [-0.3, -0.25) is 19.4 Å². The molecule has 40 heavy (non-hydrogen) atoms. The zero-order valence-electron chi connectivity index (χ0n) is 22.0. The predicted molar refractivity (Wildman–Crippen MR) is 150 cm³/mol. The van der Waals surface area contributed by atoms with Crippen LogP contribution in [0.3, 0.4) is 0 Å². The van der Waals surface area contributed by atoms with Crippen LogP contribution in [0.4, 0.5) is 11.4 Å². The van der Waals surface area contributed by atoms with Crippen LogP contribution in [-0.2, 0) is 9.59 Å². The number of anilines is 2. The number of rotatable bonds is 9. The largest absolute Gasteiger partial charge is 0.497 e. The molecule has 0 saturated carbocycles. The zero-order chi connectivity index (χ0) is 27.6. The fraction of sp³-hybridized carbons (Fsp3) is 0.188. The highest BCUT2D eigenvalue weighted by Crippen LogP contribution is 2.42. The number of methoxy groups -OCH3 is 2. The summed E-state index contributed by atoms with van der Waals surface area (Å²) in [7, 11) is 3.18. The number of carbonyl (C=O) groups excluding carboxylic acids is 2. The lowest BCUT2D eigenvalue weighted by Gasteiger charge is -2.57. The molecule has 2 saturated heterocycles. The molecule has 0 radical (unpaired) electrons. The third-order valence-corrected chi connectivity index (χ3v) is 7.24. The molecule has 2 amide bonds. The lowest BCUT2D eigenvalue weighted by atomic mass is 9.80. The van der Waals surface area contributed by atoms with Crippen molar-refractivity contribution < 1.29 is 28.5 Å². The van der Waals surface area contributed by atoms with Gasteiger partial charge in [-0.05, 0) is 72.8 Å². The molecule has 4 aromatic rings. The van der Waals surface area contributed by atoms with E-state index in [1.54, 1.807) is 48.3 Å². The maximum atomic E-state index is 13.7. The SMILES string of the molecule is COc1ccc(N2C(=O)[C@@H](Oc3ccccc3)[C@H]2[C@@H]2[C@H](Oc3ccccc3)C(=O)N2c2ccc(OC)cc2)cc1. The molecular formula is C32H28N2O6. The molecular weight excluding hydrogens is 508 g/mol. The van der Waals surface area contributed by atoms with E-state index in [0.717, 1.165) is 0 Å². The number of nitrogens with zero attached hydrogens (tertiary/aromatic N) is 2. The van der Waals surface area contributed by atoms with Gasteiger partial charge in [0, 0.05) is 11.4 Å². The van der Waals surface area contributed by atoms with Gasteiger partial charge in [0.1, 0.15) is 35.1 Å². The van der Waals surface area contributed by atoms with Crippen LogP contribution in [0.15, 0.2) is 109 Å². The van der Waals surface area contributed by atoms with Gasteiger partial charge >= 0.3 is 0 Å². The Morgan fingerprint density at radius 3 is 1.15 bits per heavy atom. The standard InChI is InChI=1S/C32H28N2O6/c1-37-23-17-13-21(14-18-23)33-27(29(31(33)35)39-25-9-5-3-6-10-25)28-30(40-26-11-7-4-8-12-26)32(36)34(28)22-15-19-24(38-2)20-16-22/h3-20,27-30H,1-2H3/t27-,28-,29+,30+/m1/s1. The number of hydrogen-bond acceptors (Lipinski definition) is 6. The van der Waals surface area contributed by atoms with Crippen molar-refractivity contribution in [2.24, 2.45) is 0 Å². The molecule has 2 aliphatic heterocycles. The van der Waals surface area contributed by atoms with Crippen molar-refractivity contribution >= 4 is 23.2 Å². The number of carbonyl (C=O) groups is 2. The van der Waals surface area contributed by atoms with E-state index in [4.69, 9.17) is 18.9 Å². The van der Waals surface area contributed by atoms with Crippen LogP contribution in [0.25, 0.3) is 0 Å². The number of β-lactam (4-membered cyclic amide) rings is 2. The summed E-state index contributed by atoms with van der Waals surface area (Å²) in [6.45, 7) is 0. The van der Waals surface area contributed by atoms with Crippen molar-refractivity contribution in [3.05, 3.63) is 109 Å². The third-order valence-electron chi connectivity index (χ3n) is 7.24. The van der Waals surface area contributed by atoms with Crippen LogP contribution in [-0.4, -0.2) is 50.3 Å². The van der Waals surface area contributed by atoms with Crippen molar-refractivity contribution in [2.75, 3.05) is 24.0 Å². The Morgan fingerprint density at radius 1 is 0.475 bits per heavy atom. The zero-order valence-corrected chi connectivity index (χ0v) is 22.0. The summed E-state index contributed by atoms with van der Waals surface area (Å²) in [5.74, 6) is 2.09. The summed E-state index contributed by atoms with van der Waals surface area (Å²) in [5.41, 5.74) is 1.35. The van der Waals surface area contributed by atoms with Crippen LogP contribution in [0, 0.1) is 0 Å². The van der Waals surface area contributed by atoms with Crippen LogP contribution in [0.5, 0.6) is 23.0 Å². The molecule has 4 atom stereocenters. The molecule has 2 fully saturated rings. The highest BCUT2D eigenvalue weighted by atomic mass is 16.5. The predicted octanol–water partition coefficient (Wildman–Crippen LogP) is 4.73. The molecule has 4 aromatic carbocycles. The Bertz CT molecular complexity index is 1360. The monoisotopic (exact) mass is 536 g/mol. The Kier molecular flexibility index (Phi) is 6.74. The Labute approximate surface area is 232 Å². The van der Waals surface area contributed by atoms with Crippen molar-refractivity contribution in [1.29, 1.82) is 0 Å². The van der Waals surface area contributed by atoms with Gasteiger partial charge in [0.05, 0.1) is 14.2 Å². The van der Waals surface area contributed by atoms with Crippen LogP contribution in [0.2, 0.25) is 0 Å². The van der Waals surface area contributed by atoms with Gasteiger partial charge in [0.2, 0.25) is 0 Å². The maximum Gasteiger partial charge on any atom is 0.270 e. The third kappa shape index (κ3) is 4.47. The normalized spacial score (nSPS) is 21.8. The highest BCUT2D eigenvalue weighted by Gasteiger charge is 2.64. The first kappa shape index (κ1) is 25.3. The number of para-hydroxylation sites is 2. The van der Waals surface area contributed by atoms with E-state index in [-0.39, 0.29) is 11.8 Å². The number of benzene rings is 4. The van der Waals surface area contributed by atoms with Gasteiger partial charge in [-0.15, -0.1) is 0 Å². The summed E-state index contributed by atoms with van der Waals surface area (Å²) in [6.07, 6.45) is -1.66. The van der Waals surface area contributed by atoms with Gasteiger partial charge in [0.15, 0.2) is 12.2 Å². The smallest absolute Gasteiger partial charge is 0.270 e. The first-order valence-electron chi connectivity index (χ1n) is 13.0.